The summed E-state index contributed by atoms with van der Waals surface area (Å²) >= 11 is 0. The number of likely N-dealkylation sites (N-methyl/N-ethyl adjacent to an activating group) is 1. The quantitative estimate of drug-likeness (QED) is 0.565. The van der Waals surface area contributed by atoms with E-state index in [4.69, 9.17) is 10.5 Å². The van der Waals surface area contributed by atoms with Crippen molar-refractivity contribution >= 4 is 5.82 Å². The molecule has 1 atom stereocenters. The minimum absolute atomic E-state index is 0.325. The van der Waals surface area contributed by atoms with Crippen molar-refractivity contribution in [3.8, 4) is 28.7 Å². The van der Waals surface area contributed by atoms with Crippen LogP contribution in [-0.4, -0.2) is 63.2 Å². The fourth-order valence-electron chi connectivity index (χ4n) is 3.69. The molecule has 4 rings (SSSR count). The third kappa shape index (κ3) is 5.87. The molecule has 3 heterocycles. The average molecular weight is 461 g/mol. The molecule has 1 saturated heterocycles. The van der Waals surface area contributed by atoms with E-state index in [-0.39, 0.29) is 0 Å². The van der Waals surface area contributed by atoms with Crippen molar-refractivity contribution in [3.05, 3.63) is 60.0 Å². The zero-order chi connectivity index (χ0) is 24.3. The van der Waals surface area contributed by atoms with E-state index in [2.05, 4.69) is 45.8 Å². The zero-order valence-electron chi connectivity index (χ0n) is 20.2. The molecule has 0 spiro atoms. The number of benzene rings is 1. The smallest absolute Gasteiger partial charge is 0.166 e. The molecule has 1 fully saturated rings. The van der Waals surface area contributed by atoms with Crippen LogP contribution in [0.1, 0.15) is 31.9 Å². The first-order chi connectivity index (χ1) is 16.2. The molecular formula is C26H32N6O2. The highest BCUT2D eigenvalue weighted by Gasteiger charge is 2.21. The van der Waals surface area contributed by atoms with Crippen LogP contribution in [0.25, 0.3) is 11.1 Å². The van der Waals surface area contributed by atoms with Crippen LogP contribution in [-0.2, 0) is 6.61 Å². The highest BCUT2D eigenvalue weighted by Crippen LogP contribution is 2.27. The lowest BCUT2D eigenvalue weighted by atomic mass is 10.1. The molecule has 0 radical (unpaired) electrons. The molecule has 8 nitrogen and oxygen atoms in total. The van der Waals surface area contributed by atoms with Gasteiger partial charge in [0.15, 0.2) is 11.6 Å². The van der Waals surface area contributed by atoms with Gasteiger partial charge in [-0.05, 0) is 51.6 Å². The highest BCUT2D eigenvalue weighted by molar-refractivity contribution is 5.65. The summed E-state index contributed by atoms with van der Waals surface area (Å²) in [5, 5.41) is 16.6. The van der Waals surface area contributed by atoms with Crippen molar-refractivity contribution in [3.63, 3.8) is 0 Å². The molecule has 0 saturated carbocycles. The first-order valence-electron chi connectivity index (χ1n) is 11.4. The Hall–Kier alpha value is -3.54. The van der Waals surface area contributed by atoms with Gasteiger partial charge in [-0.15, -0.1) is 0 Å². The maximum Gasteiger partial charge on any atom is 0.166 e. The Morgan fingerprint density at radius 3 is 2.79 bits per heavy atom. The van der Waals surface area contributed by atoms with Crippen LogP contribution in [0.3, 0.4) is 0 Å². The average Bonchev–Trinajstić information content (AvgIpc) is 3.29. The predicted octanol–water partition coefficient (Wildman–Crippen LogP) is 2.50. The van der Waals surface area contributed by atoms with Crippen molar-refractivity contribution in [1.29, 1.82) is 0 Å². The van der Waals surface area contributed by atoms with Crippen molar-refractivity contribution < 1.29 is 9.84 Å². The van der Waals surface area contributed by atoms with Crippen LogP contribution in [0.5, 0.6) is 5.75 Å². The van der Waals surface area contributed by atoms with Crippen molar-refractivity contribution in [2.45, 2.75) is 39.0 Å². The monoisotopic (exact) mass is 460 g/mol. The van der Waals surface area contributed by atoms with Gasteiger partial charge in [-0.3, -0.25) is 5.01 Å². The van der Waals surface area contributed by atoms with Gasteiger partial charge in [-0.1, -0.05) is 24.0 Å². The molecule has 3 N–H and O–H groups in total. The Balaban J connectivity index is 1.46. The lowest BCUT2D eigenvalue weighted by Crippen LogP contribution is -2.54. The Morgan fingerprint density at radius 2 is 2.03 bits per heavy atom. The minimum atomic E-state index is -1.04. The molecule has 0 aliphatic carbocycles. The SMILES string of the molecule is CC1CN(n2cc(-c3cnc(N)c(OCc4cccc(C#CC(C)(C)O)c4)c3)cn2)CCN1C. The van der Waals surface area contributed by atoms with Crippen LogP contribution in [0.4, 0.5) is 5.82 Å². The molecule has 178 valence electrons. The number of pyridine rings is 1. The topological polar surface area (TPSA) is 92.7 Å². The molecule has 0 bridgehead atoms. The summed E-state index contributed by atoms with van der Waals surface area (Å²) in [5.74, 6) is 6.67. The summed E-state index contributed by atoms with van der Waals surface area (Å²) in [4.78, 5) is 8.59. The van der Waals surface area contributed by atoms with E-state index < -0.39 is 5.60 Å². The maximum absolute atomic E-state index is 9.82. The van der Waals surface area contributed by atoms with Gasteiger partial charge in [0, 0.05) is 42.0 Å². The minimum Gasteiger partial charge on any atom is -0.485 e. The number of nitrogens with two attached hydrogens (primary N) is 1. The van der Waals surface area contributed by atoms with Crippen molar-refractivity contribution in [2.75, 3.05) is 37.4 Å². The molecule has 8 heteroatoms. The van der Waals surface area contributed by atoms with Gasteiger partial charge in [0.25, 0.3) is 0 Å². The molecule has 1 aromatic carbocycles. The van der Waals surface area contributed by atoms with Gasteiger partial charge >= 0.3 is 0 Å². The number of hydrogen-bond donors (Lipinski definition) is 2. The highest BCUT2D eigenvalue weighted by atomic mass is 16.5. The molecular weight excluding hydrogens is 428 g/mol. The Morgan fingerprint density at radius 1 is 1.21 bits per heavy atom. The number of aliphatic hydroxyl groups is 1. The second-order valence-corrected chi connectivity index (χ2v) is 9.30. The second kappa shape index (κ2) is 9.75. The third-order valence-corrected chi connectivity index (χ3v) is 5.85. The van der Waals surface area contributed by atoms with Crippen molar-refractivity contribution in [1.82, 2.24) is 19.8 Å². The number of nitrogen functional groups attached to an aromatic ring is 1. The summed E-state index contributed by atoms with van der Waals surface area (Å²) < 4.78 is 6.01. The van der Waals surface area contributed by atoms with Crippen LogP contribution in [0.15, 0.2) is 48.9 Å². The van der Waals surface area contributed by atoms with E-state index in [1.165, 1.54) is 0 Å². The van der Waals surface area contributed by atoms with Gasteiger partial charge in [0.1, 0.15) is 12.2 Å². The summed E-state index contributed by atoms with van der Waals surface area (Å²) in [6, 6.07) is 10.1. The van der Waals surface area contributed by atoms with E-state index in [1.54, 1.807) is 20.0 Å². The first-order valence-corrected chi connectivity index (χ1v) is 11.4. The van der Waals surface area contributed by atoms with E-state index >= 15 is 0 Å². The molecule has 34 heavy (non-hydrogen) atoms. The summed E-state index contributed by atoms with van der Waals surface area (Å²) in [7, 11) is 2.15. The predicted molar refractivity (Wildman–Crippen MR) is 134 cm³/mol. The number of nitrogens with zero attached hydrogens (tertiary/aromatic N) is 5. The Labute approximate surface area is 200 Å². The normalized spacial score (nSPS) is 16.7. The lowest BCUT2D eigenvalue weighted by Gasteiger charge is -2.38. The maximum atomic E-state index is 9.82. The zero-order valence-corrected chi connectivity index (χ0v) is 20.2. The van der Waals surface area contributed by atoms with E-state index in [0.717, 1.165) is 41.9 Å². The van der Waals surface area contributed by atoms with Crippen molar-refractivity contribution in [2.24, 2.45) is 0 Å². The van der Waals surface area contributed by atoms with Crippen LogP contribution in [0.2, 0.25) is 0 Å². The second-order valence-electron chi connectivity index (χ2n) is 9.30. The van der Waals surface area contributed by atoms with Gasteiger partial charge in [-0.25, -0.2) is 4.98 Å². The van der Waals surface area contributed by atoms with E-state index in [9.17, 15) is 5.11 Å². The first kappa shape index (κ1) is 23.6. The number of anilines is 1. The van der Waals surface area contributed by atoms with Crippen LogP contribution in [0, 0.1) is 11.8 Å². The fourth-order valence-corrected chi connectivity index (χ4v) is 3.69. The van der Waals surface area contributed by atoms with Gasteiger partial charge in [0.2, 0.25) is 0 Å². The molecule has 1 unspecified atom stereocenters. The number of aromatic nitrogens is 3. The third-order valence-electron chi connectivity index (χ3n) is 5.85. The Kier molecular flexibility index (Phi) is 6.77. The largest absolute Gasteiger partial charge is 0.485 e. The Bertz CT molecular complexity index is 1200. The number of ether oxygens (including phenoxy) is 1. The fraction of sp³-hybridized carbons (Fsp3) is 0.385. The lowest BCUT2D eigenvalue weighted by molar-refractivity contribution is 0.143. The molecule has 1 aliphatic heterocycles. The molecule has 3 aromatic rings. The standard InChI is InChI=1S/C26H32N6O2/c1-19-16-31(11-10-30(19)4)32-17-23(15-29-32)22-13-24(25(27)28-14-22)34-18-21-7-5-6-20(12-21)8-9-26(2,3)33/h5-7,12-15,17,19,33H,10-11,16,18H2,1-4H3,(H2,27,28). The van der Waals surface area contributed by atoms with Crippen LogP contribution >= 0.6 is 0 Å². The molecule has 1 aliphatic rings. The van der Waals surface area contributed by atoms with E-state index in [1.807, 2.05) is 47.5 Å². The molecule has 0 amide bonds. The number of rotatable bonds is 5. The van der Waals surface area contributed by atoms with Gasteiger partial charge < -0.3 is 20.5 Å². The summed E-state index contributed by atoms with van der Waals surface area (Å²) in [6.45, 7) is 8.71. The molecule has 2 aromatic heterocycles. The van der Waals surface area contributed by atoms with E-state index in [0.29, 0.717) is 24.2 Å². The number of piperazine rings is 1. The van der Waals surface area contributed by atoms with Gasteiger partial charge in [-0.2, -0.15) is 9.89 Å². The number of hydrogen-bond acceptors (Lipinski definition) is 7. The van der Waals surface area contributed by atoms with Crippen LogP contribution < -0.4 is 15.5 Å². The summed E-state index contributed by atoms with van der Waals surface area (Å²) in [5.41, 5.74) is 8.65. The summed E-state index contributed by atoms with van der Waals surface area (Å²) in [6.07, 6.45) is 5.59. The van der Waals surface area contributed by atoms with Gasteiger partial charge in [0.05, 0.1) is 18.9 Å².